The molecule has 1 fully saturated rings. The monoisotopic (exact) mass is 512 g/mol. The van der Waals surface area contributed by atoms with E-state index in [1.54, 1.807) is 25.4 Å². The quantitative estimate of drug-likeness (QED) is 0.570. The molecule has 2 aliphatic rings. The van der Waals surface area contributed by atoms with Gasteiger partial charge in [0.1, 0.15) is 17.0 Å². The topological polar surface area (TPSA) is 91.4 Å². The van der Waals surface area contributed by atoms with E-state index in [0.29, 0.717) is 12.4 Å². The van der Waals surface area contributed by atoms with Crippen LogP contribution in [-0.2, 0) is 13.0 Å². The van der Waals surface area contributed by atoms with Crippen LogP contribution >= 0.6 is 27.3 Å². The molecular formula is C23H21BrN4O3S. The number of aryl methyl sites for hydroxylation is 1. The number of hydrogen-bond acceptors (Lipinski definition) is 6. The van der Waals surface area contributed by atoms with Gasteiger partial charge in [-0.15, -0.1) is 11.3 Å². The molecule has 0 unspecified atom stereocenters. The zero-order valence-corrected chi connectivity index (χ0v) is 20.0. The summed E-state index contributed by atoms with van der Waals surface area (Å²) in [5, 5.41) is 21.9. The number of likely N-dealkylation sites (tertiary alicyclic amines) is 1. The molecule has 1 N–H and O–H groups in total. The van der Waals surface area contributed by atoms with E-state index < -0.39 is 11.6 Å². The first-order chi connectivity index (χ1) is 15.4. The van der Waals surface area contributed by atoms with Gasteiger partial charge in [0.15, 0.2) is 5.82 Å². The number of hydrogen-bond donors (Lipinski definition) is 1. The number of imidazole rings is 1. The van der Waals surface area contributed by atoms with E-state index >= 15 is 0 Å². The smallest absolute Gasteiger partial charge is 0.291 e. The molecular weight excluding hydrogens is 492 g/mol. The molecule has 9 heteroatoms. The molecule has 2 aromatic heterocycles. The summed E-state index contributed by atoms with van der Waals surface area (Å²) in [6.45, 7) is 2.41. The number of nitriles is 1. The first-order valence-corrected chi connectivity index (χ1v) is 12.0. The summed E-state index contributed by atoms with van der Waals surface area (Å²) < 4.78 is 8.27. The number of fused-ring (bicyclic) bond motifs is 3. The third-order valence-electron chi connectivity index (χ3n) is 6.26. The molecule has 5 rings (SSSR count). The molecule has 2 atom stereocenters. The number of halogens is 1. The zero-order valence-electron chi connectivity index (χ0n) is 17.6. The second-order valence-electron chi connectivity index (χ2n) is 8.31. The van der Waals surface area contributed by atoms with Crippen LogP contribution in [0.25, 0.3) is 21.8 Å². The van der Waals surface area contributed by atoms with Crippen molar-refractivity contribution < 1.29 is 14.6 Å². The van der Waals surface area contributed by atoms with Crippen LogP contribution in [-0.4, -0.2) is 50.8 Å². The predicted molar refractivity (Wildman–Crippen MR) is 125 cm³/mol. The number of benzene rings is 1. The minimum atomic E-state index is -1.06. The van der Waals surface area contributed by atoms with Crippen molar-refractivity contribution in [2.24, 2.45) is 0 Å². The van der Waals surface area contributed by atoms with Gasteiger partial charge >= 0.3 is 0 Å². The summed E-state index contributed by atoms with van der Waals surface area (Å²) in [6, 6.07) is 10.2. The second-order valence-corrected chi connectivity index (χ2v) is 10.1. The van der Waals surface area contributed by atoms with Gasteiger partial charge in [0.05, 0.1) is 34.3 Å². The number of ether oxygens (including phenoxy) is 1. The van der Waals surface area contributed by atoms with Gasteiger partial charge in [-0.1, -0.05) is 6.07 Å². The number of carbonyl (C=O) groups excluding carboxylic acids is 1. The highest BCUT2D eigenvalue weighted by Gasteiger charge is 2.46. The molecule has 0 radical (unpaired) electrons. The van der Waals surface area contributed by atoms with Crippen molar-refractivity contribution in [1.29, 1.82) is 5.26 Å². The van der Waals surface area contributed by atoms with Crippen molar-refractivity contribution in [2.75, 3.05) is 13.7 Å². The Morgan fingerprint density at radius 1 is 1.47 bits per heavy atom. The number of thiophene rings is 1. The molecule has 0 saturated carbocycles. The maximum atomic E-state index is 13.7. The van der Waals surface area contributed by atoms with Crippen LogP contribution in [0.2, 0.25) is 0 Å². The maximum Gasteiger partial charge on any atom is 0.291 e. The van der Waals surface area contributed by atoms with Crippen LogP contribution in [0.4, 0.5) is 0 Å². The zero-order chi connectivity index (χ0) is 22.6. The van der Waals surface area contributed by atoms with Gasteiger partial charge in [0.25, 0.3) is 5.91 Å². The van der Waals surface area contributed by atoms with E-state index in [-0.39, 0.29) is 18.9 Å². The number of rotatable bonds is 3. The first kappa shape index (κ1) is 21.2. The van der Waals surface area contributed by atoms with Crippen LogP contribution in [0.5, 0.6) is 5.75 Å². The Balaban J connectivity index is 1.70. The van der Waals surface area contributed by atoms with Gasteiger partial charge in [-0.2, -0.15) is 5.26 Å². The number of aromatic nitrogens is 2. The van der Waals surface area contributed by atoms with Crippen LogP contribution in [0.1, 0.15) is 29.5 Å². The Bertz CT molecular complexity index is 1260. The van der Waals surface area contributed by atoms with Crippen molar-refractivity contribution in [3.8, 4) is 33.6 Å². The summed E-state index contributed by atoms with van der Waals surface area (Å²) in [7, 11) is 1.64. The van der Waals surface area contributed by atoms with E-state index in [2.05, 4.69) is 22.0 Å². The van der Waals surface area contributed by atoms with E-state index in [9.17, 15) is 15.2 Å². The molecule has 32 heavy (non-hydrogen) atoms. The number of nitrogens with zero attached hydrogens (tertiary/aromatic N) is 4. The lowest BCUT2D eigenvalue weighted by molar-refractivity contribution is 0.0660. The fourth-order valence-corrected chi connectivity index (χ4v) is 5.90. The fraction of sp³-hybridized carbons (Fsp3) is 0.348. The number of methoxy groups -OCH3 is 1. The molecule has 2 aliphatic heterocycles. The molecule has 4 heterocycles. The molecule has 1 amide bonds. The van der Waals surface area contributed by atoms with E-state index in [1.165, 1.54) is 4.90 Å². The fourth-order valence-electron chi connectivity index (χ4n) is 4.68. The lowest BCUT2D eigenvalue weighted by Crippen LogP contribution is -2.45. The minimum Gasteiger partial charge on any atom is -0.496 e. The molecule has 3 aromatic rings. The lowest BCUT2D eigenvalue weighted by Gasteiger charge is -2.29. The van der Waals surface area contributed by atoms with Crippen LogP contribution in [0.3, 0.4) is 0 Å². The normalized spacial score (nSPS) is 21.7. The van der Waals surface area contributed by atoms with Gasteiger partial charge in [-0.25, -0.2) is 4.98 Å². The number of amides is 1. The molecule has 164 valence electrons. The SMILES string of the molecule is COc1cc2c(cc1Br)-c1c(-c3cccs3)nc(C(=O)N3C[C@@H](O)C[C@]3(C)C#N)n1CC2. The number of aliphatic hydroxyl groups excluding tert-OH is 1. The van der Waals surface area contributed by atoms with Crippen molar-refractivity contribution in [2.45, 2.75) is 38.0 Å². The Kier molecular flexibility index (Phi) is 5.12. The molecule has 1 aromatic carbocycles. The van der Waals surface area contributed by atoms with Gasteiger partial charge in [-0.05, 0) is 58.4 Å². The highest BCUT2D eigenvalue weighted by Crippen LogP contribution is 2.43. The van der Waals surface area contributed by atoms with E-state index in [4.69, 9.17) is 9.72 Å². The van der Waals surface area contributed by atoms with Gasteiger partial charge in [0, 0.05) is 25.1 Å². The van der Waals surface area contributed by atoms with Crippen molar-refractivity contribution in [3.05, 3.63) is 45.5 Å². The third-order valence-corrected chi connectivity index (χ3v) is 7.76. The Labute approximate surface area is 198 Å². The number of carbonyl (C=O) groups is 1. The number of β-amino-alcohol motifs (C(OH)–C–C–N with tert-alkyl or cyclic N) is 1. The summed E-state index contributed by atoms with van der Waals surface area (Å²) in [5.41, 5.74) is 2.71. The van der Waals surface area contributed by atoms with Gasteiger partial charge in [0.2, 0.25) is 0 Å². The largest absolute Gasteiger partial charge is 0.496 e. The van der Waals surface area contributed by atoms with Crippen molar-refractivity contribution in [1.82, 2.24) is 14.5 Å². The van der Waals surface area contributed by atoms with Gasteiger partial charge < -0.3 is 19.3 Å². The maximum absolute atomic E-state index is 13.7. The van der Waals surface area contributed by atoms with E-state index in [0.717, 1.165) is 44.0 Å². The third kappa shape index (κ3) is 3.17. The summed E-state index contributed by atoms with van der Waals surface area (Å²) >= 11 is 5.16. The molecule has 0 spiro atoms. The molecule has 0 bridgehead atoms. The molecule has 7 nitrogen and oxygen atoms in total. The highest BCUT2D eigenvalue weighted by atomic mass is 79.9. The van der Waals surface area contributed by atoms with Crippen LogP contribution < -0.4 is 4.74 Å². The Morgan fingerprint density at radius 2 is 2.28 bits per heavy atom. The predicted octanol–water partition coefficient (Wildman–Crippen LogP) is 4.09. The van der Waals surface area contributed by atoms with E-state index in [1.807, 2.05) is 34.2 Å². The second kappa shape index (κ2) is 7.73. The molecule has 0 aliphatic carbocycles. The summed E-state index contributed by atoms with van der Waals surface area (Å²) in [4.78, 5) is 20.9. The average Bonchev–Trinajstić information content (AvgIpc) is 3.50. The van der Waals surface area contributed by atoms with Crippen LogP contribution in [0, 0.1) is 11.3 Å². The van der Waals surface area contributed by atoms with Crippen molar-refractivity contribution >= 4 is 33.2 Å². The summed E-state index contributed by atoms with van der Waals surface area (Å²) in [5.74, 6) is 0.740. The van der Waals surface area contributed by atoms with Crippen molar-refractivity contribution in [3.63, 3.8) is 0 Å². The Hall–Kier alpha value is -2.67. The Morgan fingerprint density at radius 3 is 2.97 bits per heavy atom. The lowest BCUT2D eigenvalue weighted by atomic mass is 9.96. The number of aliphatic hydroxyl groups is 1. The minimum absolute atomic E-state index is 0.124. The van der Waals surface area contributed by atoms with Gasteiger partial charge in [-0.3, -0.25) is 4.79 Å². The average molecular weight is 513 g/mol. The van der Waals surface area contributed by atoms with Crippen LogP contribution in [0.15, 0.2) is 34.1 Å². The standard InChI is InChI=1S/C23H21BrN4O3S/c1-23(12-25)10-14(29)11-28(23)22(30)21-26-19(18-4-3-7-32-18)20-15-9-16(24)17(31-2)8-13(15)5-6-27(20)21/h3-4,7-9,14,29H,5-6,10-11H2,1-2H3/t14-,23+/m0/s1. The first-order valence-electron chi connectivity index (χ1n) is 10.3. The highest BCUT2D eigenvalue weighted by molar-refractivity contribution is 9.10. The molecule has 1 saturated heterocycles. The summed E-state index contributed by atoms with van der Waals surface area (Å²) in [6.07, 6.45) is 0.237.